The van der Waals surface area contributed by atoms with E-state index in [1.54, 1.807) is 0 Å². The van der Waals surface area contributed by atoms with Gasteiger partial charge in [-0.05, 0) is 0 Å². The summed E-state index contributed by atoms with van der Waals surface area (Å²) in [6.07, 6.45) is -26.3. The van der Waals surface area contributed by atoms with Gasteiger partial charge in [0.1, 0.15) is 0 Å². The summed E-state index contributed by atoms with van der Waals surface area (Å²) < 4.78 is 147. The minimum atomic E-state index is -7.13. The number of rotatable bonds is 5. The maximum absolute atomic E-state index is 12.8. The van der Waals surface area contributed by atoms with E-state index in [-0.39, 0.29) is 0 Å². The second-order valence-electron chi connectivity index (χ2n) is 3.03. The van der Waals surface area contributed by atoms with Gasteiger partial charge in [-0.15, -0.1) is 13.2 Å². The molecular weight excluding hydrogens is 332 g/mol. The summed E-state index contributed by atoms with van der Waals surface area (Å²) in [5, 5.41) is 0. The van der Waals surface area contributed by atoms with Crippen molar-refractivity contribution in [3.05, 3.63) is 0 Å². The standard InChI is InChI=1S/C6H2F12O2/c7-1-2(8,9)19-5(14,15)3(10,4(11,12)13)20-6(16,17)18/h1H2. The molecule has 0 spiro atoms. The Morgan fingerprint density at radius 2 is 1.05 bits per heavy atom. The highest BCUT2D eigenvalue weighted by molar-refractivity contribution is 4.88. The molecule has 0 heterocycles. The van der Waals surface area contributed by atoms with E-state index in [0.717, 1.165) is 0 Å². The second-order valence-corrected chi connectivity index (χ2v) is 3.03. The summed E-state index contributed by atoms with van der Waals surface area (Å²) in [4.78, 5) is 0. The van der Waals surface area contributed by atoms with Crippen LogP contribution in [0.15, 0.2) is 0 Å². The summed E-state index contributed by atoms with van der Waals surface area (Å²) in [7, 11) is 0. The molecule has 0 fully saturated rings. The summed E-state index contributed by atoms with van der Waals surface area (Å²) >= 11 is 0. The van der Waals surface area contributed by atoms with Gasteiger partial charge in [0, 0.05) is 0 Å². The average Bonchev–Trinajstić information content (AvgIpc) is 2.11. The molecule has 0 aromatic rings. The van der Waals surface area contributed by atoms with Gasteiger partial charge in [-0.2, -0.15) is 35.1 Å². The maximum Gasteiger partial charge on any atom is 0.525 e. The molecule has 0 saturated heterocycles. The van der Waals surface area contributed by atoms with Crippen molar-refractivity contribution in [3.63, 3.8) is 0 Å². The fourth-order valence-corrected chi connectivity index (χ4v) is 0.722. The highest BCUT2D eigenvalue weighted by Gasteiger charge is 2.79. The van der Waals surface area contributed by atoms with Crippen molar-refractivity contribution < 1.29 is 62.2 Å². The predicted octanol–water partition coefficient (Wildman–Crippen LogP) is 3.92. The van der Waals surface area contributed by atoms with Crippen LogP contribution in [0.5, 0.6) is 0 Å². The molecule has 0 amide bonds. The Hall–Kier alpha value is -0.920. The molecule has 2 nitrogen and oxygen atoms in total. The molecule has 0 saturated carbocycles. The van der Waals surface area contributed by atoms with Crippen LogP contribution >= 0.6 is 0 Å². The van der Waals surface area contributed by atoms with Crippen molar-refractivity contribution in [2.45, 2.75) is 30.6 Å². The summed E-state index contributed by atoms with van der Waals surface area (Å²) in [5.41, 5.74) is 0. The Kier molecular flexibility index (Phi) is 4.89. The lowest BCUT2D eigenvalue weighted by atomic mass is 10.2. The molecule has 0 N–H and O–H groups in total. The van der Waals surface area contributed by atoms with Crippen molar-refractivity contribution in [1.29, 1.82) is 0 Å². The van der Waals surface area contributed by atoms with Crippen molar-refractivity contribution in [3.8, 4) is 0 Å². The van der Waals surface area contributed by atoms with E-state index in [1.807, 2.05) is 4.74 Å². The quantitative estimate of drug-likeness (QED) is 0.710. The molecular formula is C6H2F12O2. The van der Waals surface area contributed by atoms with Gasteiger partial charge in [0.25, 0.3) is 0 Å². The van der Waals surface area contributed by atoms with Gasteiger partial charge in [0.05, 0.1) is 0 Å². The molecule has 0 radical (unpaired) electrons. The number of hydrogen-bond acceptors (Lipinski definition) is 2. The highest BCUT2D eigenvalue weighted by Crippen LogP contribution is 2.51. The van der Waals surface area contributed by atoms with E-state index in [4.69, 9.17) is 0 Å². The van der Waals surface area contributed by atoms with Gasteiger partial charge in [0.15, 0.2) is 6.67 Å². The summed E-state index contributed by atoms with van der Waals surface area (Å²) in [6, 6.07) is 0. The van der Waals surface area contributed by atoms with Gasteiger partial charge in [-0.3, -0.25) is 0 Å². The van der Waals surface area contributed by atoms with E-state index in [2.05, 4.69) is 0 Å². The third kappa shape index (κ3) is 4.29. The van der Waals surface area contributed by atoms with Crippen molar-refractivity contribution in [2.75, 3.05) is 6.67 Å². The van der Waals surface area contributed by atoms with Crippen LogP contribution in [0.1, 0.15) is 0 Å². The third-order valence-electron chi connectivity index (χ3n) is 1.43. The van der Waals surface area contributed by atoms with Crippen molar-refractivity contribution >= 4 is 0 Å². The SMILES string of the molecule is FCC(F)(F)OC(F)(F)C(F)(OC(F)(F)F)C(F)(F)F. The Balaban J connectivity index is 5.65. The van der Waals surface area contributed by atoms with E-state index in [0.29, 0.717) is 0 Å². The topological polar surface area (TPSA) is 18.5 Å². The van der Waals surface area contributed by atoms with Gasteiger partial charge in [-0.1, -0.05) is 0 Å². The second kappa shape index (κ2) is 5.13. The van der Waals surface area contributed by atoms with Gasteiger partial charge < -0.3 is 0 Å². The molecule has 122 valence electrons. The number of alkyl halides is 12. The first-order valence-corrected chi connectivity index (χ1v) is 4.02. The molecule has 0 bridgehead atoms. The van der Waals surface area contributed by atoms with Crippen LogP contribution in [-0.2, 0) is 9.47 Å². The molecule has 20 heavy (non-hydrogen) atoms. The van der Waals surface area contributed by atoms with Crippen LogP contribution in [0.2, 0.25) is 0 Å². The fourth-order valence-electron chi connectivity index (χ4n) is 0.722. The summed E-state index contributed by atoms with van der Waals surface area (Å²) in [5.74, 6) is -7.00. The summed E-state index contributed by atoms with van der Waals surface area (Å²) in [6.45, 7) is -3.15. The van der Waals surface area contributed by atoms with Crippen LogP contribution in [-0.4, -0.2) is 37.3 Å². The van der Waals surface area contributed by atoms with Crippen molar-refractivity contribution in [1.82, 2.24) is 0 Å². The molecule has 0 aromatic heterocycles. The normalized spacial score (nSPS) is 18.0. The fraction of sp³-hybridized carbons (Fsp3) is 1.00. The Bertz CT molecular complexity index is 332. The first kappa shape index (κ1) is 19.1. The molecule has 0 rings (SSSR count). The van der Waals surface area contributed by atoms with Crippen LogP contribution < -0.4 is 0 Å². The van der Waals surface area contributed by atoms with E-state index < -0.39 is 37.3 Å². The number of ether oxygens (including phenoxy) is 2. The minimum absolute atomic E-state index is 1.52. The Morgan fingerprint density at radius 3 is 1.30 bits per heavy atom. The minimum Gasteiger partial charge on any atom is -0.248 e. The molecule has 0 aliphatic carbocycles. The first-order valence-electron chi connectivity index (χ1n) is 4.02. The lowest BCUT2D eigenvalue weighted by Crippen LogP contribution is -2.62. The highest BCUT2D eigenvalue weighted by atomic mass is 19.4. The molecule has 14 heteroatoms. The Morgan fingerprint density at radius 1 is 0.650 bits per heavy atom. The Labute approximate surface area is 101 Å². The zero-order valence-corrected chi connectivity index (χ0v) is 8.56. The third-order valence-corrected chi connectivity index (χ3v) is 1.43. The van der Waals surface area contributed by atoms with Crippen molar-refractivity contribution in [2.24, 2.45) is 0 Å². The van der Waals surface area contributed by atoms with Crippen LogP contribution in [0.4, 0.5) is 52.7 Å². The zero-order valence-electron chi connectivity index (χ0n) is 8.56. The zero-order chi connectivity index (χ0) is 16.6. The molecule has 0 aliphatic heterocycles. The van der Waals surface area contributed by atoms with Gasteiger partial charge >= 0.3 is 30.6 Å². The lowest BCUT2D eigenvalue weighted by Gasteiger charge is -2.35. The van der Waals surface area contributed by atoms with Crippen LogP contribution in [0.25, 0.3) is 0 Å². The average molecular weight is 334 g/mol. The van der Waals surface area contributed by atoms with Gasteiger partial charge in [0.2, 0.25) is 0 Å². The van der Waals surface area contributed by atoms with E-state index in [9.17, 15) is 52.7 Å². The molecule has 1 atom stereocenters. The van der Waals surface area contributed by atoms with E-state index >= 15 is 0 Å². The smallest absolute Gasteiger partial charge is 0.248 e. The first-order chi connectivity index (χ1) is 8.47. The molecule has 0 aliphatic rings. The molecule has 0 aromatic carbocycles. The monoisotopic (exact) mass is 334 g/mol. The predicted molar refractivity (Wildman–Crippen MR) is 34.0 cm³/mol. The lowest BCUT2D eigenvalue weighted by molar-refractivity contribution is -0.540. The largest absolute Gasteiger partial charge is 0.525 e. The number of halogens is 12. The van der Waals surface area contributed by atoms with Gasteiger partial charge in [-0.25, -0.2) is 13.9 Å². The van der Waals surface area contributed by atoms with E-state index in [1.165, 1.54) is 4.74 Å². The maximum atomic E-state index is 12.8. The molecule has 1 unspecified atom stereocenters. The van der Waals surface area contributed by atoms with Crippen LogP contribution in [0.3, 0.4) is 0 Å². The van der Waals surface area contributed by atoms with Crippen LogP contribution in [0, 0.1) is 0 Å². The number of hydrogen-bond donors (Lipinski definition) is 0.